The van der Waals surface area contributed by atoms with Gasteiger partial charge in [0, 0.05) is 31.4 Å². The Morgan fingerprint density at radius 2 is 2.00 bits per heavy atom. The molecule has 0 unspecified atom stereocenters. The van der Waals surface area contributed by atoms with Crippen LogP contribution in [0.1, 0.15) is 24.6 Å². The molecule has 2 amide bonds. The second-order valence-electron chi connectivity index (χ2n) is 4.84. The molecule has 0 radical (unpaired) electrons. The first-order valence-corrected chi connectivity index (χ1v) is 7.55. The van der Waals surface area contributed by atoms with Crippen LogP contribution in [0.5, 0.6) is 0 Å². The van der Waals surface area contributed by atoms with E-state index in [1.165, 1.54) is 0 Å². The summed E-state index contributed by atoms with van der Waals surface area (Å²) in [7, 11) is 0. The fourth-order valence-electron chi connectivity index (χ4n) is 2.27. The van der Waals surface area contributed by atoms with Crippen molar-refractivity contribution in [3.05, 3.63) is 35.3 Å². The van der Waals surface area contributed by atoms with E-state index in [-0.39, 0.29) is 24.3 Å². The van der Waals surface area contributed by atoms with Gasteiger partial charge in [0.05, 0.1) is 11.0 Å². The zero-order valence-corrected chi connectivity index (χ0v) is 13.2. The molecule has 1 aliphatic rings. The zero-order valence-electron chi connectivity index (χ0n) is 11.6. The monoisotopic (exact) mass is 352 g/mol. The van der Waals surface area contributed by atoms with Crippen molar-refractivity contribution in [3.63, 3.8) is 0 Å². The number of hydrogen-bond acceptors (Lipinski definition) is 4. The van der Waals surface area contributed by atoms with Gasteiger partial charge in [-0.15, -0.1) is 0 Å². The van der Waals surface area contributed by atoms with E-state index in [0.29, 0.717) is 13.1 Å². The molecule has 2 rings (SSSR count). The van der Waals surface area contributed by atoms with Crippen LogP contribution < -0.4 is 5.32 Å². The Balaban J connectivity index is 1.82. The third kappa shape index (κ3) is 4.35. The van der Waals surface area contributed by atoms with Crippen LogP contribution in [0, 0.1) is 0 Å². The van der Waals surface area contributed by atoms with Gasteiger partial charge in [0.1, 0.15) is 5.82 Å². The number of rotatable bonds is 4. The third-order valence-electron chi connectivity index (χ3n) is 3.45. The lowest BCUT2D eigenvalue weighted by Crippen LogP contribution is -2.43. The van der Waals surface area contributed by atoms with Crippen molar-refractivity contribution in [2.75, 3.05) is 19.6 Å². The summed E-state index contributed by atoms with van der Waals surface area (Å²) in [6.45, 7) is 4.68. The molecule has 21 heavy (non-hydrogen) atoms. The quantitative estimate of drug-likeness (QED) is 0.827. The lowest BCUT2D eigenvalue weighted by molar-refractivity contribution is -0.133. The highest BCUT2D eigenvalue weighted by molar-refractivity contribution is 9.10. The Labute approximate surface area is 131 Å². The summed E-state index contributed by atoms with van der Waals surface area (Å²) >= 11 is 3.31. The summed E-state index contributed by atoms with van der Waals surface area (Å²) in [5.41, 5.74) is 0. The van der Waals surface area contributed by atoms with Crippen LogP contribution in [0.3, 0.4) is 0 Å². The Hall–Kier alpha value is -1.76. The standard InChI is InChI=1S/C14H17BrN4O2/c1-2-12(20)16-9-13(21)19-5-3-10(4-6-19)14-17-7-11(15)8-18-14/h2,7-8,10H,1,3-6,9H2,(H,16,20). The molecule has 1 aromatic rings. The maximum absolute atomic E-state index is 11.9. The summed E-state index contributed by atoms with van der Waals surface area (Å²) in [6.07, 6.45) is 6.31. The topological polar surface area (TPSA) is 75.2 Å². The minimum absolute atomic E-state index is 0.0182. The number of nitrogens with one attached hydrogen (secondary N) is 1. The summed E-state index contributed by atoms with van der Waals surface area (Å²) in [5, 5.41) is 2.50. The van der Waals surface area contributed by atoms with Gasteiger partial charge in [-0.2, -0.15) is 0 Å². The van der Waals surface area contributed by atoms with Crippen LogP contribution in [-0.2, 0) is 9.59 Å². The molecule has 0 aliphatic carbocycles. The van der Waals surface area contributed by atoms with Crippen LogP contribution in [0.4, 0.5) is 0 Å². The van der Waals surface area contributed by atoms with Crippen LogP contribution >= 0.6 is 15.9 Å². The van der Waals surface area contributed by atoms with Gasteiger partial charge in [-0.1, -0.05) is 6.58 Å². The zero-order chi connectivity index (χ0) is 15.2. The predicted octanol–water partition coefficient (Wildman–Crippen LogP) is 1.25. The Morgan fingerprint density at radius 3 is 2.57 bits per heavy atom. The number of hydrogen-bond donors (Lipinski definition) is 1. The summed E-state index contributed by atoms with van der Waals surface area (Å²) in [6, 6.07) is 0. The molecule has 0 atom stereocenters. The van der Waals surface area contributed by atoms with Crippen LogP contribution in [0.15, 0.2) is 29.5 Å². The number of aromatic nitrogens is 2. The van der Waals surface area contributed by atoms with Gasteiger partial charge in [-0.25, -0.2) is 9.97 Å². The number of amides is 2. The molecule has 1 fully saturated rings. The minimum atomic E-state index is -0.332. The SMILES string of the molecule is C=CC(=O)NCC(=O)N1CCC(c2ncc(Br)cn2)CC1. The van der Waals surface area contributed by atoms with E-state index < -0.39 is 0 Å². The lowest BCUT2D eigenvalue weighted by atomic mass is 9.96. The van der Waals surface area contributed by atoms with E-state index in [1.54, 1.807) is 17.3 Å². The second-order valence-corrected chi connectivity index (χ2v) is 5.75. The van der Waals surface area contributed by atoms with Crippen molar-refractivity contribution >= 4 is 27.7 Å². The van der Waals surface area contributed by atoms with Crippen molar-refractivity contribution in [1.82, 2.24) is 20.2 Å². The van der Waals surface area contributed by atoms with Crippen LogP contribution in [-0.4, -0.2) is 46.3 Å². The largest absolute Gasteiger partial charge is 0.343 e. The van der Waals surface area contributed by atoms with Gasteiger partial charge in [0.2, 0.25) is 11.8 Å². The summed E-state index contributed by atoms with van der Waals surface area (Å²) in [5.74, 6) is 0.706. The van der Waals surface area contributed by atoms with E-state index in [0.717, 1.165) is 29.2 Å². The van der Waals surface area contributed by atoms with Crippen molar-refractivity contribution in [2.45, 2.75) is 18.8 Å². The van der Waals surface area contributed by atoms with E-state index in [9.17, 15) is 9.59 Å². The first-order chi connectivity index (χ1) is 10.1. The Bertz CT molecular complexity index is 524. The molecule has 2 heterocycles. The molecule has 0 bridgehead atoms. The first kappa shape index (κ1) is 15.6. The first-order valence-electron chi connectivity index (χ1n) is 6.75. The molecule has 0 spiro atoms. The molecule has 1 saturated heterocycles. The van der Waals surface area contributed by atoms with Crippen molar-refractivity contribution < 1.29 is 9.59 Å². The highest BCUT2D eigenvalue weighted by Gasteiger charge is 2.25. The van der Waals surface area contributed by atoms with E-state index >= 15 is 0 Å². The highest BCUT2D eigenvalue weighted by atomic mass is 79.9. The highest BCUT2D eigenvalue weighted by Crippen LogP contribution is 2.25. The molecular weight excluding hydrogens is 336 g/mol. The van der Waals surface area contributed by atoms with Crippen molar-refractivity contribution in [1.29, 1.82) is 0 Å². The third-order valence-corrected chi connectivity index (χ3v) is 3.86. The Kier molecular flexibility index (Phi) is 5.44. The average molecular weight is 353 g/mol. The molecule has 112 valence electrons. The maximum atomic E-state index is 11.9. The molecule has 6 nitrogen and oxygen atoms in total. The van der Waals surface area contributed by atoms with Gasteiger partial charge < -0.3 is 10.2 Å². The van der Waals surface area contributed by atoms with Crippen LogP contribution in [0.2, 0.25) is 0 Å². The van der Waals surface area contributed by atoms with Crippen LogP contribution in [0.25, 0.3) is 0 Å². The van der Waals surface area contributed by atoms with Gasteiger partial charge in [0.15, 0.2) is 0 Å². The van der Waals surface area contributed by atoms with E-state index in [4.69, 9.17) is 0 Å². The number of carbonyl (C=O) groups is 2. The summed E-state index contributed by atoms with van der Waals surface area (Å²) < 4.78 is 0.858. The summed E-state index contributed by atoms with van der Waals surface area (Å²) in [4.78, 5) is 33.4. The second kappa shape index (κ2) is 7.31. The number of likely N-dealkylation sites (tertiary alicyclic amines) is 1. The van der Waals surface area contributed by atoms with Gasteiger partial charge in [-0.05, 0) is 34.8 Å². The smallest absolute Gasteiger partial charge is 0.243 e. The fourth-order valence-corrected chi connectivity index (χ4v) is 2.47. The predicted molar refractivity (Wildman–Crippen MR) is 81.5 cm³/mol. The van der Waals surface area contributed by atoms with Gasteiger partial charge in [0.25, 0.3) is 0 Å². The fraction of sp³-hybridized carbons (Fsp3) is 0.429. The Morgan fingerprint density at radius 1 is 1.38 bits per heavy atom. The molecular formula is C14H17BrN4O2. The van der Waals surface area contributed by atoms with E-state index in [2.05, 4.69) is 37.8 Å². The number of halogens is 1. The van der Waals surface area contributed by atoms with Gasteiger partial charge in [-0.3, -0.25) is 9.59 Å². The number of nitrogens with zero attached hydrogens (tertiary/aromatic N) is 3. The molecule has 1 aliphatic heterocycles. The lowest BCUT2D eigenvalue weighted by Gasteiger charge is -2.31. The normalized spacial score (nSPS) is 15.6. The van der Waals surface area contributed by atoms with Gasteiger partial charge >= 0.3 is 0 Å². The molecule has 1 N–H and O–H groups in total. The number of piperidine rings is 1. The molecule has 7 heteroatoms. The number of carbonyl (C=O) groups excluding carboxylic acids is 2. The molecule has 0 aromatic carbocycles. The average Bonchev–Trinajstić information content (AvgIpc) is 2.53. The van der Waals surface area contributed by atoms with E-state index in [1.807, 2.05) is 0 Å². The maximum Gasteiger partial charge on any atom is 0.243 e. The minimum Gasteiger partial charge on any atom is -0.343 e. The van der Waals surface area contributed by atoms with Crippen molar-refractivity contribution in [3.8, 4) is 0 Å². The van der Waals surface area contributed by atoms with Crippen molar-refractivity contribution in [2.24, 2.45) is 0 Å². The molecule has 0 saturated carbocycles. The molecule has 1 aromatic heterocycles.